The van der Waals surface area contributed by atoms with Crippen molar-refractivity contribution < 1.29 is 9.18 Å². The second-order valence-electron chi connectivity index (χ2n) is 4.94. The maximum atomic E-state index is 13.1. The molecule has 1 aromatic carbocycles. The van der Waals surface area contributed by atoms with Crippen LogP contribution in [-0.4, -0.2) is 10.9 Å². The average molecular weight is 399 g/mol. The number of nitrogens with one attached hydrogen (secondary N) is 1. The maximum Gasteiger partial charge on any atom is 0.255 e. The molecule has 4 nitrogen and oxygen atoms in total. The number of carbonyl (C=O) groups is 1. The van der Waals surface area contributed by atoms with Gasteiger partial charge in [-0.15, -0.1) is 0 Å². The largest absolute Gasteiger partial charge is 0.384 e. The van der Waals surface area contributed by atoms with Crippen LogP contribution in [0.15, 0.2) is 30.3 Å². The van der Waals surface area contributed by atoms with Crippen LogP contribution in [0.25, 0.3) is 0 Å². The quantitative estimate of drug-likeness (QED) is 0.772. The molecule has 0 aliphatic carbocycles. The number of rotatable bonds is 3. The Morgan fingerprint density at radius 2 is 2.05 bits per heavy atom. The van der Waals surface area contributed by atoms with Gasteiger partial charge in [-0.3, -0.25) is 4.79 Å². The van der Waals surface area contributed by atoms with E-state index in [2.05, 4.69) is 10.3 Å². The minimum atomic E-state index is -0.340. The summed E-state index contributed by atoms with van der Waals surface area (Å²) >= 11 is 1.97. The lowest BCUT2D eigenvalue weighted by Crippen LogP contribution is -2.14. The molecule has 0 saturated carbocycles. The number of pyridine rings is 1. The first-order valence-electron chi connectivity index (χ1n) is 6.40. The Morgan fingerprint density at radius 3 is 2.67 bits per heavy atom. The lowest BCUT2D eigenvalue weighted by atomic mass is 10.1. The van der Waals surface area contributed by atoms with Crippen LogP contribution in [0.2, 0.25) is 0 Å². The van der Waals surface area contributed by atoms with Crippen LogP contribution in [-0.2, 0) is 0 Å². The van der Waals surface area contributed by atoms with Crippen LogP contribution in [0.3, 0.4) is 0 Å². The highest BCUT2D eigenvalue weighted by molar-refractivity contribution is 14.1. The van der Waals surface area contributed by atoms with Gasteiger partial charge < -0.3 is 11.1 Å². The van der Waals surface area contributed by atoms with E-state index in [0.717, 1.165) is 5.69 Å². The number of carbonyl (C=O) groups excluding carboxylic acids is 1. The van der Waals surface area contributed by atoms with Gasteiger partial charge in [-0.05, 0) is 58.8 Å². The molecule has 2 aromatic rings. The first-order chi connectivity index (χ1) is 9.86. The summed E-state index contributed by atoms with van der Waals surface area (Å²) < 4.78 is 13.7. The van der Waals surface area contributed by atoms with Crippen molar-refractivity contribution in [3.63, 3.8) is 0 Å². The molecule has 0 aliphatic heterocycles. The lowest BCUT2D eigenvalue weighted by molar-refractivity contribution is 0.102. The number of aromatic nitrogens is 1. The van der Waals surface area contributed by atoms with Crippen LogP contribution in [0.4, 0.5) is 15.9 Å². The Bertz CT molecular complexity index is 689. The molecule has 0 unspecified atom stereocenters. The van der Waals surface area contributed by atoms with E-state index in [1.54, 1.807) is 6.07 Å². The van der Waals surface area contributed by atoms with E-state index in [4.69, 9.17) is 5.73 Å². The number of nitrogen functional groups attached to an aromatic ring is 1. The fourth-order valence-electron chi connectivity index (χ4n) is 1.79. The molecule has 0 spiro atoms. The van der Waals surface area contributed by atoms with E-state index in [1.165, 1.54) is 24.3 Å². The smallest absolute Gasteiger partial charge is 0.255 e. The highest BCUT2D eigenvalue weighted by atomic mass is 127. The average Bonchev–Trinajstić information content (AvgIpc) is 2.41. The van der Waals surface area contributed by atoms with Crippen molar-refractivity contribution in [3.8, 4) is 0 Å². The van der Waals surface area contributed by atoms with Crippen LogP contribution in [0.1, 0.15) is 35.8 Å². The molecule has 0 atom stereocenters. The number of benzene rings is 1. The molecule has 0 saturated heterocycles. The third-order valence-corrected chi connectivity index (χ3v) is 3.79. The summed E-state index contributed by atoms with van der Waals surface area (Å²) in [6, 6.07) is 7.43. The number of hydrogen-bond donors (Lipinski definition) is 2. The molecular weight excluding hydrogens is 384 g/mol. The monoisotopic (exact) mass is 399 g/mol. The number of hydrogen-bond acceptors (Lipinski definition) is 3. The highest BCUT2D eigenvalue weighted by Crippen LogP contribution is 2.21. The van der Waals surface area contributed by atoms with Gasteiger partial charge in [-0.2, -0.15) is 0 Å². The summed E-state index contributed by atoms with van der Waals surface area (Å²) in [6.45, 7) is 3.96. The standard InChI is InChI=1S/C15H15FIN3O/c1-8(2)13-5-9(6-14(18)19-13)15(21)20-12-4-3-10(16)7-11(12)17/h3-8H,1-2H3,(H2,18,19)(H,20,21). The normalized spacial score (nSPS) is 10.7. The number of halogens is 2. The molecule has 1 amide bonds. The van der Waals surface area contributed by atoms with Crippen molar-refractivity contribution in [1.29, 1.82) is 0 Å². The van der Waals surface area contributed by atoms with E-state index in [-0.39, 0.29) is 17.6 Å². The van der Waals surface area contributed by atoms with Crippen LogP contribution in [0, 0.1) is 9.39 Å². The summed E-state index contributed by atoms with van der Waals surface area (Å²) in [7, 11) is 0. The second-order valence-corrected chi connectivity index (χ2v) is 6.10. The minimum absolute atomic E-state index is 0.172. The van der Waals surface area contributed by atoms with E-state index >= 15 is 0 Å². The lowest BCUT2D eigenvalue weighted by Gasteiger charge is -2.11. The fraction of sp³-hybridized carbons (Fsp3) is 0.200. The molecule has 0 aliphatic rings. The number of amides is 1. The Morgan fingerprint density at radius 1 is 1.33 bits per heavy atom. The molecule has 0 radical (unpaired) electrons. The van der Waals surface area contributed by atoms with Crippen LogP contribution < -0.4 is 11.1 Å². The van der Waals surface area contributed by atoms with E-state index in [1.807, 2.05) is 36.4 Å². The van der Waals surface area contributed by atoms with Gasteiger partial charge in [0.25, 0.3) is 5.91 Å². The van der Waals surface area contributed by atoms with Gasteiger partial charge in [-0.1, -0.05) is 13.8 Å². The van der Waals surface area contributed by atoms with Gasteiger partial charge in [0.15, 0.2) is 0 Å². The van der Waals surface area contributed by atoms with Crippen LogP contribution >= 0.6 is 22.6 Å². The minimum Gasteiger partial charge on any atom is -0.384 e. The van der Waals surface area contributed by atoms with Gasteiger partial charge in [0.05, 0.1) is 5.69 Å². The van der Waals surface area contributed by atoms with Gasteiger partial charge >= 0.3 is 0 Å². The van der Waals surface area contributed by atoms with Gasteiger partial charge in [0.1, 0.15) is 11.6 Å². The first-order valence-corrected chi connectivity index (χ1v) is 7.48. The molecule has 110 valence electrons. The molecule has 6 heteroatoms. The fourth-order valence-corrected chi connectivity index (χ4v) is 2.40. The van der Waals surface area contributed by atoms with Crippen LogP contribution in [0.5, 0.6) is 0 Å². The van der Waals surface area contributed by atoms with E-state index < -0.39 is 0 Å². The Labute approximate surface area is 136 Å². The maximum absolute atomic E-state index is 13.1. The van der Waals surface area contributed by atoms with E-state index in [9.17, 15) is 9.18 Å². The molecule has 1 aromatic heterocycles. The summed E-state index contributed by atoms with van der Waals surface area (Å²) in [5.41, 5.74) is 7.49. The summed E-state index contributed by atoms with van der Waals surface area (Å²) in [5.74, 6) is -0.158. The summed E-state index contributed by atoms with van der Waals surface area (Å²) in [6.07, 6.45) is 0. The first kappa shape index (κ1) is 15.7. The zero-order valence-corrected chi connectivity index (χ0v) is 13.8. The number of nitrogens with zero attached hydrogens (tertiary/aromatic N) is 1. The van der Waals surface area contributed by atoms with Gasteiger partial charge in [0, 0.05) is 14.8 Å². The molecule has 21 heavy (non-hydrogen) atoms. The highest BCUT2D eigenvalue weighted by Gasteiger charge is 2.12. The van der Waals surface area contributed by atoms with Crippen molar-refractivity contribution >= 4 is 40.0 Å². The zero-order chi connectivity index (χ0) is 15.6. The Hall–Kier alpha value is -1.70. The third kappa shape index (κ3) is 3.90. The second kappa shape index (κ2) is 6.38. The van der Waals surface area contributed by atoms with Crippen molar-refractivity contribution in [2.75, 3.05) is 11.1 Å². The molecule has 3 N–H and O–H groups in total. The summed E-state index contributed by atoms with van der Waals surface area (Å²) in [4.78, 5) is 16.5. The van der Waals surface area contributed by atoms with Gasteiger partial charge in [0.2, 0.25) is 0 Å². The number of anilines is 2. The summed E-state index contributed by atoms with van der Waals surface area (Å²) in [5, 5.41) is 2.75. The van der Waals surface area contributed by atoms with Crippen molar-refractivity contribution in [1.82, 2.24) is 4.98 Å². The third-order valence-electron chi connectivity index (χ3n) is 2.90. The topological polar surface area (TPSA) is 68.0 Å². The predicted octanol–water partition coefficient (Wildman–Crippen LogP) is 3.78. The molecular formula is C15H15FIN3O. The van der Waals surface area contributed by atoms with Crippen molar-refractivity contribution in [2.45, 2.75) is 19.8 Å². The predicted molar refractivity (Wildman–Crippen MR) is 89.8 cm³/mol. The number of nitrogens with two attached hydrogens (primary N) is 1. The molecule has 0 bridgehead atoms. The van der Waals surface area contributed by atoms with Gasteiger partial charge in [-0.25, -0.2) is 9.37 Å². The molecule has 0 fully saturated rings. The SMILES string of the molecule is CC(C)c1cc(C(=O)Nc2ccc(F)cc2I)cc(N)n1. The Kier molecular flexibility index (Phi) is 4.76. The molecule has 2 rings (SSSR count). The van der Waals surface area contributed by atoms with Crippen molar-refractivity contribution in [3.05, 3.63) is 51.0 Å². The van der Waals surface area contributed by atoms with Crippen molar-refractivity contribution in [2.24, 2.45) is 0 Å². The molecule has 1 heterocycles. The Balaban J connectivity index is 2.28. The zero-order valence-electron chi connectivity index (χ0n) is 11.7. The van der Waals surface area contributed by atoms with E-state index in [0.29, 0.717) is 20.6 Å².